The highest BCUT2D eigenvalue weighted by Gasteiger charge is 2.12. The lowest BCUT2D eigenvalue weighted by atomic mass is 10.3. The van der Waals surface area contributed by atoms with Crippen LogP contribution in [0.25, 0.3) is 0 Å². The van der Waals surface area contributed by atoms with Gasteiger partial charge in [-0.2, -0.15) is 0 Å². The predicted molar refractivity (Wildman–Crippen MR) is 69.8 cm³/mol. The van der Waals surface area contributed by atoms with Gasteiger partial charge in [-0.05, 0) is 12.1 Å². The van der Waals surface area contributed by atoms with Crippen LogP contribution >= 0.6 is 0 Å². The number of hydrogen-bond donors (Lipinski definition) is 1. The molecule has 6 nitrogen and oxygen atoms in total. The Morgan fingerprint density at radius 2 is 2.00 bits per heavy atom. The standard InChI is InChI=1S/C14H16O6/c1-2-12(15)18-9-8-13(16)20-14(17)10-19-11-6-4-3-5-7-11/h2-7,13,16H,1,8-10H2. The summed E-state index contributed by atoms with van der Waals surface area (Å²) in [4.78, 5) is 22.1. The molecule has 0 fully saturated rings. The molecular formula is C14H16O6. The Balaban J connectivity index is 2.18. The zero-order valence-electron chi connectivity index (χ0n) is 10.9. The first kappa shape index (κ1) is 15.7. The first-order chi connectivity index (χ1) is 9.61. The van der Waals surface area contributed by atoms with Crippen LogP contribution in [0.2, 0.25) is 0 Å². The molecule has 1 N–H and O–H groups in total. The van der Waals surface area contributed by atoms with Gasteiger partial charge in [0.2, 0.25) is 6.29 Å². The third kappa shape index (κ3) is 6.55. The fraction of sp³-hybridized carbons (Fsp3) is 0.286. The van der Waals surface area contributed by atoms with Gasteiger partial charge in [-0.3, -0.25) is 0 Å². The van der Waals surface area contributed by atoms with E-state index in [-0.39, 0.29) is 19.6 Å². The largest absolute Gasteiger partial charge is 0.482 e. The molecule has 20 heavy (non-hydrogen) atoms. The van der Waals surface area contributed by atoms with Crippen molar-refractivity contribution in [1.29, 1.82) is 0 Å². The average Bonchev–Trinajstić information content (AvgIpc) is 2.46. The number of esters is 2. The van der Waals surface area contributed by atoms with Crippen molar-refractivity contribution in [2.45, 2.75) is 12.7 Å². The van der Waals surface area contributed by atoms with Gasteiger partial charge in [-0.15, -0.1) is 0 Å². The van der Waals surface area contributed by atoms with E-state index in [1.807, 2.05) is 6.07 Å². The van der Waals surface area contributed by atoms with Gasteiger partial charge in [0.25, 0.3) is 0 Å². The molecule has 1 unspecified atom stereocenters. The highest BCUT2D eigenvalue weighted by Crippen LogP contribution is 2.08. The summed E-state index contributed by atoms with van der Waals surface area (Å²) < 4.78 is 14.4. The van der Waals surface area contributed by atoms with Crippen LogP contribution < -0.4 is 4.74 Å². The first-order valence-electron chi connectivity index (χ1n) is 5.96. The predicted octanol–water partition coefficient (Wildman–Crippen LogP) is 1.05. The van der Waals surface area contributed by atoms with Crippen LogP contribution in [-0.2, 0) is 19.1 Å². The lowest BCUT2D eigenvalue weighted by Crippen LogP contribution is -2.24. The molecular weight excluding hydrogens is 264 g/mol. The number of ether oxygens (including phenoxy) is 3. The van der Waals surface area contributed by atoms with E-state index in [2.05, 4.69) is 16.1 Å². The van der Waals surface area contributed by atoms with Crippen molar-refractivity contribution in [2.24, 2.45) is 0 Å². The monoisotopic (exact) mass is 280 g/mol. The zero-order valence-corrected chi connectivity index (χ0v) is 10.9. The van der Waals surface area contributed by atoms with Crippen molar-refractivity contribution in [3.05, 3.63) is 43.0 Å². The van der Waals surface area contributed by atoms with E-state index in [0.717, 1.165) is 6.08 Å². The van der Waals surface area contributed by atoms with Crippen LogP contribution in [0.4, 0.5) is 0 Å². The van der Waals surface area contributed by atoms with Gasteiger partial charge in [0.05, 0.1) is 6.61 Å². The summed E-state index contributed by atoms with van der Waals surface area (Å²) in [5.41, 5.74) is 0. The number of aliphatic hydroxyl groups excluding tert-OH is 1. The fourth-order valence-electron chi connectivity index (χ4n) is 1.22. The van der Waals surface area contributed by atoms with E-state index in [1.165, 1.54) is 0 Å². The maximum Gasteiger partial charge on any atom is 0.346 e. The minimum Gasteiger partial charge on any atom is -0.482 e. The van der Waals surface area contributed by atoms with Gasteiger partial charge in [0, 0.05) is 12.5 Å². The first-order valence-corrected chi connectivity index (χ1v) is 5.96. The second-order valence-electron chi connectivity index (χ2n) is 3.71. The lowest BCUT2D eigenvalue weighted by molar-refractivity contribution is -0.172. The van der Waals surface area contributed by atoms with Crippen LogP contribution in [0.15, 0.2) is 43.0 Å². The molecule has 0 aliphatic heterocycles. The van der Waals surface area contributed by atoms with Crippen LogP contribution in [0.1, 0.15) is 6.42 Å². The zero-order chi connectivity index (χ0) is 14.8. The smallest absolute Gasteiger partial charge is 0.346 e. The normalized spacial score (nSPS) is 11.2. The summed E-state index contributed by atoms with van der Waals surface area (Å²) in [5, 5.41) is 9.39. The Labute approximate surface area is 116 Å². The molecule has 0 spiro atoms. The Morgan fingerprint density at radius 1 is 1.30 bits per heavy atom. The van der Waals surface area contributed by atoms with Crippen LogP contribution in [-0.4, -0.2) is 36.5 Å². The maximum absolute atomic E-state index is 11.3. The van der Waals surface area contributed by atoms with E-state index in [9.17, 15) is 14.7 Å². The molecule has 0 aliphatic rings. The fourth-order valence-corrected chi connectivity index (χ4v) is 1.22. The van der Waals surface area contributed by atoms with E-state index in [0.29, 0.717) is 5.75 Å². The molecule has 0 saturated carbocycles. The van der Waals surface area contributed by atoms with Crippen molar-refractivity contribution in [2.75, 3.05) is 13.2 Å². The maximum atomic E-state index is 11.3. The van der Waals surface area contributed by atoms with Crippen molar-refractivity contribution in [3.8, 4) is 5.75 Å². The second-order valence-corrected chi connectivity index (χ2v) is 3.71. The highest BCUT2D eigenvalue weighted by atomic mass is 16.6. The minimum absolute atomic E-state index is 0.0172. The van der Waals surface area contributed by atoms with E-state index in [4.69, 9.17) is 4.74 Å². The van der Waals surface area contributed by atoms with Crippen molar-refractivity contribution >= 4 is 11.9 Å². The summed E-state index contributed by atoms with van der Waals surface area (Å²) in [6, 6.07) is 8.74. The molecule has 1 atom stereocenters. The molecule has 1 aromatic rings. The van der Waals surface area contributed by atoms with Gasteiger partial charge in [-0.25, -0.2) is 9.59 Å². The van der Waals surface area contributed by atoms with Gasteiger partial charge in [0.15, 0.2) is 6.61 Å². The molecule has 0 heterocycles. The number of para-hydroxylation sites is 1. The molecule has 0 bridgehead atoms. The Bertz CT molecular complexity index is 442. The van der Waals surface area contributed by atoms with Crippen molar-refractivity contribution in [1.82, 2.24) is 0 Å². The molecule has 1 aromatic carbocycles. The molecule has 1 rings (SSSR count). The lowest BCUT2D eigenvalue weighted by Gasteiger charge is -2.12. The van der Waals surface area contributed by atoms with Crippen molar-refractivity contribution < 1.29 is 28.9 Å². The van der Waals surface area contributed by atoms with E-state index < -0.39 is 18.2 Å². The Morgan fingerprint density at radius 3 is 2.65 bits per heavy atom. The van der Waals surface area contributed by atoms with Gasteiger partial charge in [0.1, 0.15) is 5.75 Å². The number of carbonyl (C=O) groups is 2. The summed E-state index contributed by atoms with van der Waals surface area (Å²) in [7, 11) is 0. The number of benzene rings is 1. The number of aliphatic hydroxyl groups is 1. The molecule has 108 valence electrons. The topological polar surface area (TPSA) is 82.1 Å². The summed E-state index contributed by atoms with van der Waals surface area (Å²) >= 11 is 0. The van der Waals surface area contributed by atoms with Crippen molar-refractivity contribution in [3.63, 3.8) is 0 Å². The third-order valence-corrected chi connectivity index (χ3v) is 2.14. The summed E-state index contributed by atoms with van der Waals surface area (Å²) in [6.07, 6.45) is -0.359. The van der Waals surface area contributed by atoms with Gasteiger partial charge in [-0.1, -0.05) is 24.8 Å². The Hall–Kier alpha value is -2.34. The van der Waals surface area contributed by atoms with Crippen LogP contribution in [0.5, 0.6) is 5.75 Å². The SMILES string of the molecule is C=CC(=O)OCCC(O)OC(=O)COc1ccccc1. The van der Waals surface area contributed by atoms with E-state index >= 15 is 0 Å². The van der Waals surface area contributed by atoms with Crippen LogP contribution in [0.3, 0.4) is 0 Å². The number of hydrogen-bond acceptors (Lipinski definition) is 6. The highest BCUT2D eigenvalue weighted by molar-refractivity contribution is 5.81. The molecule has 0 saturated heterocycles. The van der Waals surface area contributed by atoms with E-state index in [1.54, 1.807) is 24.3 Å². The summed E-state index contributed by atoms with van der Waals surface area (Å²) in [6.45, 7) is 2.84. The van der Waals surface area contributed by atoms with Gasteiger partial charge < -0.3 is 19.3 Å². The molecule has 0 amide bonds. The minimum atomic E-state index is -1.35. The van der Waals surface area contributed by atoms with Crippen LogP contribution in [0, 0.1) is 0 Å². The quantitative estimate of drug-likeness (QED) is 0.435. The molecule has 0 radical (unpaired) electrons. The second kappa shape index (κ2) is 8.71. The third-order valence-electron chi connectivity index (χ3n) is 2.14. The number of carbonyl (C=O) groups excluding carboxylic acids is 2. The molecule has 0 aromatic heterocycles. The summed E-state index contributed by atoms with van der Waals surface area (Å²) in [5.74, 6) is -0.786. The Kier molecular flexibility index (Phi) is 6.84. The molecule has 6 heteroatoms. The average molecular weight is 280 g/mol. The molecule has 0 aliphatic carbocycles. The van der Waals surface area contributed by atoms with Gasteiger partial charge >= 0.3 is 11.9 Å². The number of rotatable bonds is 8.